The number of quaternary nitrogens is 1. The Bertz CT molecular complexity index is 1040. The van der Waals surface area contributed by atoms with Crippen molar-refractivity contribution in [2.45, 2.75) is 87.3 Å². The molecule has 1 saturated heterocycles. The molecule has 36 heavy (non-hydrogen) atoms. The van der Waals surface area contributed by atoms with Crippen molar-refractivity contribution < 1.29 is 47.4 Å². The Hall–Kier alpha value is -2.08. The van der Waals surface area contributed by atoms with Gasteiger partial charge >= 0.3 is 12.1 Å². The van der Waals surface area contributed by atoms with Crippen molar-refractivity contribution in [3.63, 3.8) is 0 Å². The van der Waals surface area contributed by atoms with E-state index in [1.807, 2.05) is 6.07 Å². The molecule has 0 aromatic heterocycles. The zero-order chi connectivity index (χ0) is 26.1. The molecule has 1 aromatic rings. The van der Waals surface area contributed by atoms with Crippen LogP contribution in [0.3, 0.4) is 0 Å². The number of aliphatic carboxylic acids is 1. The lowest BCUT2D eigenvalue weighted by molar-refractivity contribution is -0.924. The molecule has 0 radical (unpaired) electrons. The maximum absolute atomic E-state index is 14.3. The van der Waals surface area contributed by atoms with Crippen molar-refractivity contribution in [1.29, 1.82) is 0 Å². The minimum absolute atomic E-state index is 0.133. The summed E-state index contributed by atoms with van der Waals surface area (Å²) in [5.41, 5.74) is 0.950. The minimum atomic E-state index is -5.08. The number of halogens is 3. The number of hydrogen-bond donors (Lipinski definition) is 3. The van der Waals surface area contributed by atoms with E-state index in [1.54, 1.807) is 6.07 Å². The molecule has 3 aliphatic carbocycles. The van der Waals surface area contributed by atoms with E-state index < -0.39 is 35.4 Å². The van der Waals surface area contributed by atoms with Crippen molar-refractivity contribution >= 4 is 5.97 Å². The zero-order valence-electron chi connectivity index (χ0n) is 20.1. The van der Waals surface area contributed by atoms with Crippen LogP contribution in [-0.2, 0) is 21.4 Å². The molecule has 1 unspecified atom stereocenters. The van der Waals surface area contributed by atoms with Crippen molar-refractivity contribution in [2.75, 3.05) is 19.7 Å². The normalized spacial score (nSPS) is 37.9. The average molecular weight is 516 g/mol. The number of aliphatic hydroxyl groups excluding tert-OH is 1. The van der Waals surface area contributed by atoms with Crippen LogP contribution in [0.15, 0.2) is 12.1 Å². The van der Waals surface area contributed by atoms with Crippen LogP contribution in [0.25, 0.3) is 0 Å². The van der Waals surface area contributed by atoms with Gasteiger partial charge in [0.05, 0.1) is 24.6 Å². The number of carboxylic acids is 1. The van der Waals surface area contributed by atoms with Gasteiger partial charge in [-0.2, -0.15) is 13.2 Å². The van der Waals surface area contributed by atoms with Gasteiger partial charge in [-0.1, -0.05) is 13.0 Å². The molecule has 1 aromatic carbocycles. The molecule has 2 saturated carbocycles. The summed E-state index contributed by atoms with van der Waals surface area (Å²) in [7, 11) is 0. The van der Waals surface area contributed by atoms with Crippen LogP contribution in [0.2, 0.25) is 0 Å². The van der Waals surface area contributed by atoms with Crippen molar-refractivity contribution in [1.82, 2.24) is 0 Å². The molecule has 200 valence electrons. The summed E-state index contributed by atoms with van der Waals surface area (Å²) < 4.78 is 44.6. The highest BCUT2D eigenvalue weighted by atomic mass is 19.4. The number of aliphatic hydroxyl groups is 1. The van der Waals surface area contributed by atoms with Gasteiger partial charge < -0.3 is 34.6 Å². The maximum Gasteiger partial charge on any atom is 0.490 e. The van der Waals surface area contributed by atoms with Gasteiger partial charge in [-0.15, -0.1) is 0 Å². The number of alkyl halides is 3. The highest BCUT2D eigenvalue weighted by molar-refractivity contribution is 5.73. The van der Waals surface area contributed by atoms with Crippen molar-refractivity contribution in [2.24, 2.45) is 5.92 Å². The first-order valence-corrected chi connectivity index (χ1v) is 12.6. The first-order chi connectivity index (χ1) is 16.9. The van der Waals surface area contributed by atoms with Crippen LogP contribution < -0.4 is 4.74 Å². The summed E-state index contributed by atoms with van der Waals surface area (Å²) in [5.74, 6) is -1.56. The summed E-state index contributed by atoms with van der Waals surface area (Å²) in [6.45, 7) is 3.93. The van der Waals surface area contributed by atoms with Gasteiger partial charge in [-0.25, -0.2) is 4.79 Å². The molecular weight excluding hydrogens is 483 g/mol. The number of likely N-dealkylation sites (tertiary alicyclic amines) is 1. The number of rotatable bonds is 5. The molecule has 0 amide bonds. The summed E-state index contributed by atoms with van der Waals surface area (Å²) in [5, 5.41) is 43.0. The third-order valence-electron chi connectivity index (χ3n) is 8.79. The molecule has 5 aliphatic rings. The summed E-state index contributed by atoms with van der Waals surface area (Å²) in [4.78, 5) is 8.90. The Kier molecular flexibility index (Phi) is 6.02. The third kappa shape index (κ3) is 3.61. The van der Waals surface area contributed by atoms with Crippen LogP contribution in [0, 0.1) is 11.1 Å². The number of nitrogens with zero attached hydrogens (tertiary/aromatic N) is 1. The number of hydrogen-bond acceptors (Lipinski definition) is 6. The molecule has 8 nitrogen and oxygen atoms in total. The molecule has 6 atom stereocenters. The van der Waals surface area contributed by atoms with Gasteiger partial charge in [0.15, 0.2) is 11.5 Å². The van der Waals surface area contributed by atoms with Crippen molar-refractivity contribution in [3.05, 3.63) is 28.5 Å². The number of phenols is 1. The number of hydroxylamine groups is 3. The quantitative estimate of drug-likeness (QED) is 0.406. The van der Waals surface area contributed by atoms with Gasteiger partial charge in [0.1, 0.15) is 17.7 Å². The van der Waals surface area contributed by atoms with Gasteiger partial charge in [0.2, 0.25) is 0 Å². The highest BCUT2D eigenvalue weighted by Crippen LogP contribution is 2.67. The summed E-state index contributed by atoms with van der Waals surface area (Å²) in [6.07, 6.45) is -0.357. The molecule has 11 heteroatoms. The second-order valence-corrected chi connectivity index (χ2v) is 10.9. The molecule has 6 rings (SSSR count). The fourth-order valence-corrected chi connectivity index (χ4v) is 7.28. The number of carboxylic acid groups (broad SMARTS) is 1. The van der Waals surface area contributed by atoms with Gasteiger partial charge in [-0.3, -0.25) is 0 Å². The zero-order valence-corrected chi connectivity index (χ0v) is 20.1. The number of piperidine rings is 1. The first-order valence-electron chi connectivity index (χ1n) is 12.6. The number of carbonyl (C=O) groups is 1. The van der Waals surface area contributed by atoms with E-state index >= 15 is 0 Å². The molecule has 1 spiro atoms. The first kappa shape index (κ1) is 25.6. The SMILES string of the molecule is CCCO[C@@]12CC[C@@H](O)[C@@H]3Oc4c(O)ccc5c4[C@@]31CC[N+]([O-])(CC1CC1)[C@@H]2C5.O=C(O)C(F)(F)F. The van der Waals surface area contributed by atoms with Gasteiger partial charge in [0, 0.05) is 30.9 Å². The second-order valence-electron chi connectivity index (χ2n) is 10.9. The highest BCUT2D eigenvalue weighted by Gasteiger charge is 2.77. The molecule has 3 fully saturated rings. The Morgan fingerprint density at radius 3 is 2.58 bits per heavy atom. The van der Waals surface area contributed by atoms with Crippen LogP contribution >= 0.6 is 0 Å². The van der Waals surface area contributed by atoms with Crippen LogP contribution in [0.5, 0.6) is 11.5 Å². The minimum Gasteiger partial charge on any atom is -0.632 e. The second kappa shape index (κ2) is 8.47. The lowest BCUT2D eigenvalue weighted by atomic mass is 9.48. The van der Waals surface area contributed by atoms with E-state index in [9.17, 15) is 28.6 Å². The monoisotopic (exact) mass is 515 g/mol. The van der Waals surface area contributed by atoms with Gasteiger partial charge in [0.25, 0.3) is 0 Å². The lowest BCUT2D eigenvalue weighted by Gasteiger charge is -2.69. The average Bonchev–Trinajstić information content (AvgIpc) is 3.54. The van der Waals surface area contributed by atoms with E-state index in [0.717, 1.165) is 17.5 Å². The van der Waals surface area contributed by atoms with Crippen LogP contribution in [-0.4, -0.2) is 75.7 Å². The van der Waals surface area contributed by atoms with Crippen molar-refractivity contribution in [3.8, 4) is 11.5 Å². The number of aromatic hydroxyl groups is 1. The molecular formula is C25H32F3NO7. The fraction of sp³-hybridized carbons (Fsp3) is 0.720. The summed E-state index contributed by atoms with van der Waals surface area (Å²) >= 11 is 0. The van der Waals surface area contributed by atoms with Crippen LogP contribution in [0.4, 0.5) is 13.2 Å². The Morgan fingerprint density at radius 2 is 1.97 bits per heavy atom. The number of phenolic OH excluding ortho intramolecular Hbond substituents is 1. The molecule has 2 bridgehead atoms. The molecule has 2 aliphatic heterocycles. The number of benzene rings is 1. The maximum atomic E-state index is 14.3. The standard InChI is InChI=1S/C23H31NO5.C2HF3O2/c1-2-11-28-23-8-7-17(26)21-22(23)9-10-24(27,13-14-3-4-14)18(23)12-15-5-6-16(25)20(29-21)19(15)22;3-2(4,5)1(6)7/h5-6,14,17-18,21,25-26H,2-4,7-13H2,1H3;(H,6,7)/t17-,18-,21+,22+,23-,24?;/m1./s1. The Morgan fingerprint density at radius 1 is 1.28 bits per heavy atom. The number of ether oxygens (including phenoxy) is 2. The predicted octanol–water partition coefficient (Wildman–Crippen LogP) is 3.40. The third-order valence-corrected chi connectivity index (χ3v) is 8.79. The fourth-order valence-electron chi connectivity index (χ4n) is 7.28. The van der Waals surface area contributed by atoms with E-state index in [1.165, 1.54) is 12.8 Å². The lowest BCUT2D eigenvalue weighted by Crippen LogP contribution is -2.81. The smallest absolute Gasteiger partial charge is 0.490 e. The van der Waals surface area contributed by atoms with E-state index in [2.05, 4.69) is 6.92 Å². The Balaban J connectivity index is 0.000000338. The molecule has 3 N–H and O–H groups in total. The van der Waals surface area contributed by atoms with E-state index in [0.29, 0.717) is 57.0 Å². The Labute approximate surface area is 206 Å². The molecule has 2 heterocycles. The van der Waals surface area contributed by atoms with E-state index in [-0.39, 0.29) is 16.4 Å². The van der Waals surface area contributed by atoms with Crippen LogP contribution in [0.1, 0.15) is 56.6 Å². The van der Waals surface area contributed by atoms with Gasteiger partial charge in [-0.05, 0) is 43.7 Å². The van der Waals surface area contributed by atoms with E-state index in [4.69, 9.17) is 19.4 Å². The topological polar surface area (TPSA) is 119 Å². The largest absolute Gasteiger partial charge is 0.632 e. The summed E-state index contributed by atoms with van der Waals surface area (Å²) in [6, 6.07) is 3.47. The predicted molar refractivity (Wildman–Crippen MR) is 120 cm³/mol.